The topological polar surface area (TPSA) is 43.1 Å². The fourth-order valence-corrected chi connectivity index (χ4v) is 2.37. The highest BCUT2D eigenvalue weighted by Crippen LogP contribution is 2.35. The summed E-state index contributed by atoms with van der Waals surface area (Å²) in [5.41, 5.74) is 9.08. The molecule has 0 unspecified atom stereocenters. The SMILES string of the molecule is Nc1ccc(-c2cccc(Cl)c2)cc1C(=O)C1CC1. The molecule has 96 valence electrons. The largest absolute Gasteiger partial charge is 0.398 e. The Morgan fingerprint density at radius 2 is 1.84 bits per heavy atom. The number of carbonyl (C=O) groups excluding carboxylic acids is 1. The van der Waals surface area contributed by atoms with Gasteiger partial charge in [0.2, 0.25) is 0 Å². The molecule has 19 heavy (non-hydrogen) atoms. The number of Topliss-reactive ketones (excluding diaryl/α,β-unsaturated/α-hetero) is 1. The van der Waals surface area contributed by atoms with E-state index in [0.717, 1.165) is 24.0 Å². The molecule has 0 bridgehead atoms. The van der Waals surface area contributed by atoms with Crippen LogP contribution in [-0.2, 0) is 0 Å². The van der Waals surface area contributed by atoms with Crippen LogP contribution in [0.3, 0.4) is 0 Å². The molecular weight excluding hydrogens is 258 g/mol. The van der Waals surface area contributed by atoms with Gasteiger partial charge in [-0.15, -0.1) is 0 Å². The zero-order valence-electron chi connectivity index (χ0n) is 10.4. The van der Waals surface area contributed by atoms with Crippen molar-refractivity contribution < 1.29 is 4.79 Å². The van der Waals surface area contributed by atoms with Crippen LogP contribution >= 0.6 is 11.6 Å². The number of halogens is 1. The van der Waals surface area contributed by atoms with E-state index in [2.05, 4.69) is 0 Å². The van der Waals surface area contributed by atoms with Crippen LogP contribution in [0.1, 0.15) is 23.2 Å². The van der Waals surface area contributed by atoms with Crippen LogP contribution < -0.4 is 5.73 Å². The summed E-state index contributed by atoms with van der Waals surface area (Å²) >= 11 is 6.00. The molecule has 2 nitrogen and oxygen atoms in total. The Balaban J connectivity index is 2.03. The second-order valence-electron chi connectivity index (χ2n) is 4.95. The number of hydrogen-bond acceptors (Lipinski definition) is 2. The summed E-state index contributed by atoms with van der Waals surface area (Å²) in [6, 6.07) is 13.2. The van der Waals surface area contributed by atoms with E-state index >= 15 is 0 Å². The van der Waals surface area contributed by atoms with Crippen molar-refractivity contribution in [2.75, 3.05) is 5.73 Å². The second-order valence-corrected chi connectivity index (χ2v) is 5.39. The fourth-order valence-electron chi connectivity index (χ4n) is 2.18. The van der Waals surface area contributed by atoms with Crippen molar-refractivity contribution >= 4 is 23.1 Å². The van der Waals surface area contributed by atoms with Gasteiger partial charge in [-0.1, -0.05) is 29.8 Å². The standard InChI is InChI=1S/C16H14ClNO/c17-13-3-1-2-11(8-13)12-6-7-15(18)14(9-12)16(19)10-4-5-10/h1-3,6-10H,4-5,18H2. The first-order valence-corrected chi connectivity index (χ1v) is 6.72. The molecule has 0 heterocycles. The van der Waals surface area contributed by atoms with Gasteiger partial charge >= 0.3 is 0 Å². The number of ketones is 1. The van der Waals surface area contributed by atoms with Crippen LogP contribution in [0.2, 0.25) is 5.02 Å². The molecule has 0 aliphatic heterocycles. The predicted molar refractivity (Wildman–Crippen MR) is 78.4 cm³/mol. The highest BCUT2D eigenvalue weighted by atomic mass is 35.5. The van der Waals surface area contributed by atoms with Crippen molar-refractivity contribution in [1.82, 2.24) is 0 Å². The quantitative estimate of drug-likeness (QED) is 0.672. The Morgan fingerprint density at radius 3 is 2.53 bits per heavy atom. The Morgan fingerprint density at radius 1 is 1.11 bits per heavy atom. The maximum Gasteiger partial charge on any atom is 0.168 e. The molecule has 0 spiro atoms. The van der Waals surface area contributed by atoms with Crippen molar-refractivity contribution in [2.45, 2.75) is 12.8 Å². The fraction of sp³-hybridized carbons (Fsp3) is 0.188. The lowest BCUT2D eigenvalue weighted by Gasteiger charge is -2.08. The molecule has 0 saturated heterocycles. The van der Waals surface area contributed by atoms with E-state index in [9.17, 15) is 4.79 Å². The van der Waals surface area contributed by atoms with Crippen LogP contribution in [0.15, 0.2) is 42.5 Å². The van der Waals surface area contributed by atoms with Gasteiger partial charge < -0.3 is 5.73 Å². The summed E-state index contributed by atoms with van der Waals surface area (Å²) in [5, 5.41) is 0.685. The van der Waals surface area contributed by atoms with Gasteiger partial charge in [0.25, 0.3) is 0 Å². The smallest absolute Gasteiger partial charge is 0.168 e. The van der Waals surface area contributed by atoms with Crippen molar-refractivity contribution in [3.05, 3.63) is 53.1 Å². The number of carbonyl (C=O) groups is 1. The zero-order valence-corrected chi connectivity index (χ0v) is 11.2. The van der Waals surface area contributed by atoms with Crippen molar-refractivity contribution in [3.8, 4) is 11.1 Å². The summed E-state index contributed by atoms with van der Waals surface area (Å²) in [6.07, 6.45) is 1.97. The van der Waals surface area contributed by atoms with Gasteiger partial charge in [0.15, 0.2) is 5.78 Å². The summed E-state index contributed by atoms with van der Waals surface area (Å²) in [7, 11) is 0. The Hall–Kier alpha value is -1.80. The lowest BCUT2D eigenvalue weighted by atomic mass is 9.98. The van der Waals surface area contributed by atoms with E-state index in [4.69, 9.17) is 17.3 Å². The minimum Gasteiger partial charge on any atom is -0.398 e. The normalized spacial score (nSPS) is 14.4. The van der Waals surface area contributed by atoms with Crippen molar-refractivity contribution in [1.29, 1.82) is 0 Å². The van der Waals surface area contributed by atoms with Crippen LogP contribution in [0.4, 0.5) is 5.69 Å². The average Bonchev–Trinajstić information content (AvgIpc) is 3.23. The number of nitrogen functional groups attached to an aromatic ring is 1. The molecule has 1 saturated carbocycles. The Kier molecular flexibility index (Phi) is 3.03. The lowest BCUT2D eigenvalue weighted by molar-refractivity contribution is 0.0968. The molecule has 3 heteroatoms. The highest BCUT2D eigenvalue weighted by molar-refractivity contribution is 6.30. The van der Waals surface area contributed by atoms with Gasteiger partial charge in [-0.25, -0.2) is 0 Å². The van der Waals surface area contributed by atoms with E-state index < -0.39 is 0 Å². The predicted octanol–water partition coefficient (Wildman–Crippen LogP) is 4.18. The monoisotopic (exact) mass is 271 g/mol. The third-order valence-corrected chi connectivity index (χ3v) is 3.66. The molecule has 0 radical (unpaired) electrons. The summed E-state index contributed by atoms with van der Waals surface area (Å²) in [6.45, 7) is 0. The zero-order chi connectivity index (χ0) is 13.4. The average molecular weight is 272 g/mol. The van der Waals surface area contributed by atoms with Crippen molar-refractivity contribution in [3.63, 3.8) is 0 Å². The number of benzene rings is 2. The van der Waals surface area contributed by atoms with E-state index in [1.807, 2.05) is 36.4 Å². The molecule has 2 N–H and O–H groups in total. The first-order valence-electron chi connectivity index (χ1n) is 6.35. The third kappa shape index (κ3) is 2.49. The van der Waals surface area contributed by atoms with Gasteiger partial charge in [-0.2, -0.15) is 0 Å². The molecule has 2 aromatic carbocycles. The molecule has 1 fully saturated rings. The molecule has 0 atom stereocenters. The molecule has 1 aliphatic rings. The van der Waals surface area contributed by atoms with E-state index in [-0.39, 0.29) is 11.7 Å². The Bertz CT molecular complexity index is 647. The third-order valence-electron chi connectivity index (χ3n) is 3.42. The molecule has 1 aliphatic carbocycles. The molecule has 0 amide bonds. The lowest BCUT2D eigenvalue weighted by Crippen LogP contribution is -2.05. The summed E-state index contributed by atoms with van der Waals surface area (Å²) < 4.78 is 0. The molecular formula is C16H14ClNO. The summed E-state index contributed by atoms with van der Waals surface area (Å²) in [4.78, 5) is 12.2. The van der Waals surface area contributed by atoms with E-state index in [1.165, 1.54) is 0 Å². The van der Waals surface area contributed by atoms with Crippen LogP contribution in [0.25, 0.3) is 11.1 Å². The number of anilines is 1. The van der Waals surface area contributed by atoms with Gasteiger partial charge in [0, 0.05) is 22.2 Å². The number of rotatable bonds is 3. The minimum absolute atomic E-state index is 0.168. The van der Waals surface area contributed by atoms with Crippen molar-refractivity contribution in [2.24, 2.45) is 5.92 Å². The number of nitrogens with two attached hydrogens (primary N) is 1. The van der Waals surface area contributed by atoms with Gasteiger partial charge in [-0.3, -0.25) is 4.79 Å². The highest BCUT2D eigenvalue weighted by Gasteiger charge is 2.31. The summed E-state index contributed by atoms with van der Waals surface area (Å²) in [5.74, 6) is 0.346. The minimum atomic E-state index is 0.168. The van der Waals surface area contributed by atoms with Gasteiger partial charge in [0.05, 0.1) is 0 Å². The number of hydrogen-bond donors (Lipinski definition) is 1. The first kappa shape index (κ1) is 12.2. The molecule has 3 rings (SSSR count). The second kappa shape index (κ2) is 4.71. The maximum absolute atomic E-state index is 12.2. The van der Waals surface area contributed by atoms with Gasteiger partial charge in [0.1, 0.15) is 0 Å². The van der Waals surface area contributed by atoms with Crippen LogP contribution in [0.5, 0.6) is 0 Å². The van der Waals surface area contributed by atoms with Crippen LogP contribution in [0, 0.1) is 5.92 Å². The van der Waals surface area contributed by atoms with Gasteiger partial charge in [-0.05, 0) is 48.2 Å². The molecule has 0 aromatic heterocycles. The van der Waals surface area contributed by atoms with E-state index in [1.54, 1.807) is 6.07 Å². The molecule has 2 aromatic rings. The first-order chi connectivity index (χ1) is 9.15. The van der Waals surface area contributed by atoms with E-state index in [0.29, 0.717) is 16.3 Å². The van der Waals surface area contributed by atoms with Crippen LogP contribution in [-0.4, -0.2) is 5.78 Å². The Labute approximate surface area is 117 Å². The maximum atomic E-state index is 12.2.